The fourth-order valence-corrected chi connectivity index (χ4v) is 11.1. The normalized spacial score (nSPS) is 12.6. The number of aromatic nitrogens is 1. The molecule has 0 radical (unpaired) electrons. The fraction of sp³-hybridized carbons (Fsp3) is 0.0625. The number of anilines is 9. The third-order valence-corrected chi connectivity index (χ3v) is 14.4. The van der Waals surface area contributed by atoms with E-state index in [4.69, 9.17) is 0 Å². The number of rotatable bonds is 7. The molecule has 0 atom stereocenters. The molecule has 4 nitrogen and oxygen atoms in total. The zero-order valence-corrected chi connectivity index (χ0v) is 39.2. The van der Waals surface area contributed by atoms with Gasteiger partial charge in [0.1, 0.15) is 0 Å². The van der Waals surface area contributed by atoms with Gasteiger partial charge in [-0.15, -0.1) is 0 Å². The van der Waals surface area contributed by atoms with Crippen molar-refractivity contribution in [3.05, 3.63) is 247 Å². The van der Waals surface area contributed by atoms with Gasteiger partial charge in [-0.25, -0.2) is 0 Å². The second kappa shape index (κ2) is 16.1. The van der Waals surface area contributed by atoms with E-state index in [-0.39, 0.29) is 6.71 Å². The Morgan fingerprint density at radius 3 is 1.36 bits per heavy atom. The van der Waals surface area contributed by atoms with Crippen molar-refractivity contribution < 1.29 is 0 Å². The van der Waals surface area contributed by atoms with Crippen molar-refractivity contribution in [1.29, 1.82) is 0 Å². The molecule has 0 saturated heterocycles. The van der Waals surface area contributed by atoms with Crippen molar-refractivity contribution in [2.24, 2.45) is 0 Å². The Hall–Kier alpha value is -8.54. The molecule has 0 saturated carbocycles. The molecule has 2 aliphatic rings. The van der Waals surface area contributed by atoms with Crippen LogP contribution < -0.4 is 31.1 Å². The molecular weight excluding hydrogens is 836 g/mol. The Morgan fingerprint density at radius 1 is 0.333 bits per heavy atom. The van der Waals surface area contributed by atoms with Gasteiger partial charge in [0.05, 0.1) is 16.7 Å². The molecule has 0 spiro atoms. The van der Waals surface area contributed by atoms with Crippen LogP contribution in [0.1, 0.15) is 22.3 Å². The first-order valence-electron chi connectivity index (χ1n) is 24.0. The van der Waals surface area contributed by atoms with Gasteiger partial charge in [-0.3, -0.25) is 0 Å². The summed E-state index contributed by atoms with van der Waals surface area (Å²) in [4.78, 5) is 7.45. The predicted molar refractivity (Wildman–Crippen MR) is 294 cm³/mol. The largest absolute Gasteiger partial charge is 0.311 e. The lowest BCUT2D eigenvalue weighted by Crippen LogP contribution is -2.61. The van der Waals surface area contributed by atoms with Gasteiger partial charge >= 0.3 is 0 Å². The lowest BCUT2D eigenvalue weighted by molar-refractivity contribution is 1.18. The molecule has 0 N–H and O–H groups in total. The minimum absolute atomic E-state index is 0.0420. The van der Waals surface area contributed by atoms with E-state index >= 15 is 0 Å². The van der Waals surface area contributed by atoms with Crippen molar-refractivity contribution in [2.45, 2.75) is 27.7 Å². The first-order valence-corrected chi connectivity index (χ1v) is 24.0. The SMILES string of the molecule is Cc1ccc(N(c2ccc(C)cc2)c2cc3c4c(c2)N(c2ccccc2)c2ccc(-c5ccc(-n6c7ccccc7c7ccccc76)cc5)cc2B4c2cc(C)ccc2N3c2ccc(C)cc2)cc1. The van der Waals surface area contributed by atoms with Gasteiger partial charge in [-0.05, 0) is 152 Å². The quantitative estimate of drug-likeness (QED) is 0.148. The van der Waals surface area contributed by atoms with E-state index in [1.165, 1.54) is 94.3 Å². The Kier molecular flexibility index (Phi) is 9.48. The molecule has 11 aromatic rings. The Labute approximate surface area is 404 Å². The highest BCUT2D eigenvalue weighted by molar-refractivity contribution is 7.00. The molecule has 328 valence electrons. The van der Waals surface area contributed by atoms with E-state index in [0.29, 0.717) is 0 Å². The number of fused-ring (bicyclic) bond motifs is 7. The first-order chi connectivity index (χ1) is 33.9. The van der Waals surface area contributed by atoms with E-state index in [0.717, 1.165) is 34.1 Å². The van der Waals surface area contributed by atoms with E-state index in [1.807, 2.05) is 0 Å². The van der Waals surface area contributed by atoms with Gasteiger partial charge < -0.3 is 19.3 Å². The Balaban J connectivity index is 1.05. The zero-order valence-electron chi connectivity index (χ0n) is 39.2. The van der Waals surface area contributed by atoms with Crippen LogP contribution in [0.25, 0.3) is 38.6 Å². The average Bonchev–Trinajstić information content (AvgIpc) is 3.72. The average molecular weight is 885 g/mol. The maximum absolute atomic E-state index is 2.51. The third kappa shape index (κ3) is 6.68. The van der Waals surface area contributed by atoms with Crippen LogP contribution in [0, 0.1) is 27.7 Å². The minimum Gasteiger partial charge on any atom is -0.311 e. The van der Waals surface area contributed by atoms with Crippen LogP contribution in [0.5, 0.6) is 0 Å². The molecular formula is C64H49BN4. The molecule has 0 amide bonds. The molecule has 5 heteroatoms. The number of benzene rings is 10. The smallest absolute Gasteiger partial charge is 0.252 e. The van der Waals surface area contributed by atoms with Gasteiger partial charge in [0, 0.05) is 62.0 Å². The summed E-state index contributed by atoms with van der Waals surface area (Å²) in [6, 6.07) is 83.6. The lowest BCUT2D eigenvalue weighted by Gasteiger charge is -2.45. The third-order valence-electron chi connectivity index (χ3n) is 14.4. The topological polar surface area (TPSA) is 14.7 Å². The van der Waals surface area contributed by atoms with Gasteiger partial charge in [0.15, 0.2) is 0 Å². The molecule has 10 aromatic carbocycles. The van der Waals surface area contributed by atoms with Gasteiger partial charge in [-0.2, -0.15) is 0 Å². The molecule has 0 aliphatic carbocycles. The van der Waals surface area contributed by atoms with Gasteiger partial charge in [-0.1, -0.05) is 150 Å². The highest BCUT2D eigenvalue weighted by Crippen LogP contribution is 2.48. The van der Waals surface area contributed by atoms with Crippen molar-refractivity contribution in [3.8, 4) is 16.8 Å². The number of hydrogen-bond donors (Lipinski definition) is 0. The number of para-hydroxylation sites is 3. The van der Waals surface area contributed by atoms with Crippen LogP contribution in [0.4, 0.5) is 51.2 Å². The summed E-state index contributed by atoms with van der Waals surface area (Å²) in [7, 11) is 0. The summed E-state index contributed by atoms with van der Waals surface area (Å²) in [6.07, 6.45) is 0. The minimum atomic E-state index is -0.0420. The second-order valence-corrected chi connectivity index (χ2v) is 18.9. The standard InChI is InChI=1S/C64H49BN4/c1-42-18-28-49(29-19-42)66(50-30-20-43(2)21-31-50)53-40-62-64-63(41-53)69(51-32-22-44(3)23-33-51)60-36-24-45(4)38-56(60)65(64)57-39-47(27-37-61(57)68(62)48-12-6-5-7-13-48)46-25-34-52(35-26-46)67-58-16-10-8-14-54(58)55-15-9-11-17-59(55)67/h5-41H,1-4H3. The van der Waals surface area contributed by atoms with Gasteiger partial charge in [0.25, 0.3) is 6.71 Å². The van der Waals surface area contributed by atoms with Crippen molar-refractivity contribution in [3.63, 3.8) is 0 Å². The summed E-state index contributed by atoms with van der Waals surface area (Å²) < 4.78 is 2.39. The second-order valence-electron chi connectivity index (χ2n) is 18.9. The van der Waals surface area contributed by atoms with Crippen molar-refractivity contribution in [2.75, 3.05) is 14.7 Å². The molecule has 0 bridgehead atoms. The Morgan fingerprint density at radius 2 is 0.783 bits per heavy atom. The molecule has 69 heavy (non-hydrogen) atoms. The first kappa shape index (κ1) is 40.7. The molecule has 1 aromatic heterocycles. The molecule has 3 heterocycles. The highest BCUT2D eigenvalue weighted by atomic mass is 15.2. The summed E-state index contributed by atoms with van der Waals surface area (Å²) in [5.41, 5.74) is 25.1. The van der Waals surface area contributed by atoms with Crippen LogP contribution in [0.15, 0.2) is 224 Å². The maximum Gasteiger partial charge on any atom is 0.252 e. The molecule has 2 aliphatic heterocycles. The van der Waals surface area contributed by atoms with Crippen LogP contribution in [0.2, 0.25) is 0 Å². The summed E-state index contributed by atoms with van der Waals surface area (Å²) in [5, 5.41) is 2.53. The summed E-state index contributed by atoms with van der Waals surface area (Å²) in [5.74, 6) is 0. The molecule has 0 unspecified atom stereocenters. The number of aryl methyl sites for hydroxylation is 4. The van der Waals surface area contributed by atoms with Crippen LogP contribution >= 0.6 is 0 Å². The van der Waals surface area contributed by atoms with Crippen molar-refractivity contribution >= 4 is 96.1 Å². The van der Waals surface area contributed by atoms with E-state index in [1.54, 1.807) is 0 Å². The van der Waals surface area contributed by atoms with Crippen LogP contribution in [0.3, 0.4) is 0 Å². The zero-order chi connectivity index (χ0) is 46.3. The summed E-state index contributed by atoms with van der Waals surface area (Å²) >= 11 is 0. The monoisotopic (exact) mass is 884 g/mol. The van der Waals surface area contributed by atoms with E-state index in [9.17, 15) is 0 Å². The fourth-order valence-electron chi connectivity index (χ4n) is 11.1. The summed E-state index contributed by atoms with van der Waals surface area (Å²) in [6.45, 7) is 8.67. The van der Waals surface area contributed by atoms with E-state index in [2.05, 4.69) is 271 Å². The lowest BCUT2D eigenvalue weighted by atomic mass is 9.33. The number of hydrogen-bond acceptors (Lipinski definition) is 3. The van der Waals surface area contributed by atoms with Crippen LogP contribution in [-0.2, 0) is 0 Å². The van der Waals surface area contributed by atoms with E-state index < -0.39 is 0 Å². The van der Waals surface area contributed by atoms with Crippen molar-refractivity contribution in [1.82, 2.24) is 4.57 Å². The van der Waals surface area contributed by atoms with Crippen LogP contribution in [-0.4, -0.2) is 11.3 Å². The number of nitrogens with zero attached hydrogens (tertiary/aromatic N) is 4. The maximum atomic E-state index is 2.51. The molecule has 0 fully saturated rings. The highest BCUT2D eigenvalue weighted by Gasteiger charge is 2.44. The Bertz CT molecular complexity index is 3660. The predicted octanol–water partition coefficient (Wildman–Crippen LogP) is 15.2. The van der Waals surface area contributed by atoms with Gasteiger partial charge in [0.2, 0.25) is 0 Å². The molecule has 13 rings (SSSR count).